The minimum absolute atomic E-state index is 0.119. The molecule has 0 aromatic carbocycles. The molecule has 2 rings (SSSR count). The minimum atomic E-state index is -0.412. The normalized spacial score (nSPS) is 18.5. The Balaban J connectivity index is 2.14. The van der Waals surface area contributed by atoms with Gasteiger partial charge in [0.05, 0.1) is 12.8 Å². The molecule has 0 radical (unpaired) electrons. The molecular weight excluding hydrogens is 472 g/mol. The molecule has 0 bridgehead atoms. The quantitative estimate of drug-likeness (QED) is 0.196. The molecule has 0 amide bonds. The van der Waals surface area contributed by atoms with Gasteiger partial charge in [-0.05, 0) is 86.9 Å². The molecule has 2 saturated carbocycles. The van der Waals surface area contributed by atoms with Crippen LogP contribution in [-0.2, 0) is 19.1 Å². The largest absolute Gasteiger partial charge is 0.459 e. The fourth-order valence-electron chi connectivity index (χ4n) is 7.95. The predicted molar refractivity (Wildman–Crippen MR) is 158 cm³/mol. The number of esters is 2. The molecule has 0 aliphatic heterocycles. The van der Waals surface area contributed by atoms with Gasteiger partial charge in [0.2, 0.25) is 0 Å². The van der Waals surface area contributed by atoms with Crippen molar-refractivity contribution in [2.45, 2.75) is 169 Å². The van der Waals surface area contributed by atoms with Crippen LogP contribution in [0.25, 0.3) is 0 Å². The van der Waals surface area contributed by atoms with Crippen LogP contribution in [0.4, 0.5) is 0 Å². The van der Waals surface area contributed by atoms with Crippen molar-refractivity contribution in [1.29, 1.82) is 0 Å². The summed E-state index contributed by atoms with van der Waals surface area (Å²) in [4.78, 5) is 26.7. The highest BCUT2D eigenvalue weighted by molar-refractivity contribution is 5.78. The zero-order chi connectivity index (χ0) is 28.3. The zero-order valence-corrected chi connectivity index (χ0v) is 26.4. The molecule has 4 heteroatoms. The Morgan fingerprint density at radius 1 is 0.526 bits per heavy atom. The van der Waals surface area contributed by atoms with Gasteiger partial charge in [-0.2, -0.15) is 0 Å². The molecule has 0 atom stereocenters. The first-order chi connectivity index (χ1) is 17.9. The number of rotatable bonds is 15. The van der Waals surface area contributed by atoms with E-state index >= 15 is 0 Å². The van der Waals surface area contributed by atoms with Crippen LogP contribution < -0.4 is 0 Å². The maximum absolute atomic E-state index is 13.4. The summed E-state index contributed by atoms with van der Waals surface area (Å²) in [7, 11) is 0. The molecule has 0 N–H and O–H groups in total. The summed E-state index contributed by atoms with van der Waals surface area (Å²) in [5.41, 5.74) is -0.824. The highest BCUT2D eigenvalue weighted by Crippen LogP contribution is 2.45. The van der Waals surface area contributed by atoms with E-state index in [-0.39, 0.29) is 24.8 Å². The fraction of sp³-hybridized carbons (Fsp3) is 0.941. The van der Waals surface area contributed by atoms with Crippen molar-refractivity contribution in [2.24, 2.45) is 35.5 Å². The van der Waals surface area contributed by atoms with E-state index in [0.717, 1.165) is 51.4 Å². The Bertz CT molecular complexity index is 615. The minimum Gasteiger partial charge on any atom is -0.459 e. The van der Waals surface area contributed by atoms with Crippen LogP contribution in [0.15, 0.2) is 0 Å². The summed E-state index contributed by atoms with van der Waals surface area (Å²) in [5, 5.41) is 0. The third-order valence-corrected chi connectivity index (χ3v) is 8.88. The second-order valence-corrected chi connectivity index (χ2v) is 14.6. The van der Waals surface area contributed by atoms with Crippen molar-refractivity contribution >= 4 is 11.9 Å². The Hall–Kier alpha value is -1.06. The maximum Gasteiger partial charge on any atom is 0.306 e. The van der Waals surface area contributed by atoms with E-state index in [1.165, 1.54) is 38.5 Å². The van der Waals surface area contributed by atoms with E-state index in [2.05, 4.69) is 55.4 Å². The molecule has 2 aliphatic rings. The topological polar surface area (TPSA) is 52.6 Å². The monoisotopic (exact) mass is 534 g/mol. The second kappa shape index (κ2) is 15.7. The van der Waals surface area contributed by atoms with Crippen LogP contribution >= 0.6 is 0 Å². The summed E-state index contributed by atoms with van der Waals surface area (Å²) in [6.07, 6.45) is 15.9. The molecule has 0 saturated heterocycles. The number of ether oxygens (including phenoxy) is 2. The Labute approximate surface area is 235 Å². The average molecular weight is 535 g/mol. The SMILES string of the molecule is CC(C)CC(CC(C)C)(OC(=O)CCC(=O)OC(CC(C)C)(CC(C)C)C1CCCCC1)C1CCCCC1. The van der Waals surface area contributed by atoms with Crippen molar-refractivity contribution in [3.63, 3.8) is 0 Å². The van der Waals surface area contributed by atoms with Crippen LogP contribution in [0, 0.1) is 35.5 Å². The first-order valence-electron chi connectivity index (χ1n) is 16.3. The van der Waals surface area contributed by atoms with Crippen LogP contribution in [-0.4, -0.2) is 23.1 Å². The van der Waals surface area contributed by atoms with Gasteiger partial charge < -0.3 is 9.47 Å². The molecule has 0 spiro atoms. The van der Waals surface area contributed by atoms with Gasteiger partial charge in [0, 0.05) is 0 Å². The highest BCUT2D eigenvalue weighted by Gasteiger charge is 2.45. The van der Waals surface area contributed by atoms with Crippen molar-refractivity contribution in [2.75, 3.05) is 0 Å². The predicted octanol–water partition coefficient (Wildman–Crippen LogP) is 9.68. The van der Waals surface area contributed by atoms with E-state index in [9.17, 15) is 9.59 Å². The highest BCUT2D eigenvalue weighted by atomic mass is 16.6. The average Bonchev–Trinajstić information content (AvgIpc) is 2.82. The zero-order valence-electron chi connectivity index (χ0n) is 26.4. The molecule has 0 aromatic rings. The lowest BCUT2D eigenvalue weighted by molar-refractivity contribution is -0.181. The van der Waals surface area contributed by atoms with E-state index in [4.69, 9.17) is 9.47 Å². The van der Waals surface area contributed by atoms with Crippen molar-refractivity contribution in [3.8, 4) is 0 Å². The molecule has 2 fully saturated rings. The van der Waals surface area contributed by atoms with Crippen LogP contribution in [0.3, 0.4) is 0 Å². The summed E-state index contributed by atoms with van der Waals surface area (Å²) in [6.45, 7) is 17.9. The van der Waals surface area contributed by atoms with Crippen LogP contribution in [0.2, 0.25) is 0 Å². The molecule has 222 valence electrons. The number of hydrogen-bond donors (Lipinski definition) is 0. The van der Waals surface area contributed by atoms with Gasteiger partial charge in [-0.15, -0.1) is 0 Å². The Kier molecular flexibility index (Phi) is 13.7. The standard InChI is InChI=1S/C34H62O4/c1-25(2)21-33(22-26(3)4,29-15-11-9-12-16-29)37-31(35)19-20-32(36)38-34(23-27(5)6,24-28(7)8)30-17-13-10-14-18-30/h25-30H,9-24H2,1-8H3. The van der Waals surface area contributed by atoms with Crippen molar-refractivity contribution < 1.29 is 19.1 Å². The first-order valence-corrected chi connectivity index (χ1v) is 16.3. The smallest absolute Gasteiger partial charge is 0.306 e. The van der Waals surface area contributed by atoms with Crippen molar-refractivity contribution in [1.82, 2.24) is 0 Å². The van der Waals surface area contributed by atoms with E-state index < -0.39 is 11.2 Å². The van der Waals surface area contributed by atoms with Crippen molar-refractivity contribution in [3.05, 3.63) is 0 Å². The summed E-state index contributed by atoms with van der Waals surface area (Å²) in [6, 6.07) is 0. The molecule has 4 nitrogen and oxygen atoms in total. The molecule has 2 aliphatic carbocycles. The van der Waals surface area contributed by atoms with Crippen LogP contribution in [0.1, 0.15) is 158 Å². The molecule has 38 heavy (non-hydrogen) atoms. The van der Waals surface area contributed by atoms with Gasteiger partial charge in [-0.25, -0.2) is 0 Å². The number of hydrogen-bond acceptors (Lipinski definition) is 4. The van der Waals surface area contributed by atoms with Gasteiger partial charge >= 0.3 is 11.9 Å². The number of carbonyl (C=O) groups is 2. The molecule has 0 unspecified atom stereocenters. The van der Waals surface area contributed by atoms with Gasteiger partial charge in [0.1, 0.15) is 11.2 Å². The lowest BCUT2D eigenvalue weighted by atomic mass is 9.69. The van der Waals surface area contributed by atoms with Gasteiger partial charge in [-0.1, -0.05) is 93.9 Å². The van der Waals surface area contributed by atoms with E-state index in [1.807, 2.05) is 0 Å². The Morgan fingerprint density at radius 3 is 1.03 bits per heavy atom. The van der Waals surface area contributed by atoms with E-state index in [1.54, 1.807) is 0 Å². The molecule has 0 heterocycles. The summed E-state index contributed by atoms with van der Waals surface area (Å²) < 4.78 is 13.0. The number of carbonyl (C=O) groups excluding carboxylic acids is 2. The van der Waals surface area contributed by atoms with Gasteiger partial charge in [-0.3, -0.25) is 9.59 Å². The van der Waals surface area contributed by atoms with Gasteiger partial charge in [0.25, 0.3) is 0 Å². The third kappa shape index (κ3) is 10.5. The second-order valence-electron chi connectivity index (χ2n) is 14.6. The lowest BCUT2D eigenvalue weighted by Crippen LogP contribution is -2.46. The lowest BCUT2D eigenvalue weighted by Gasteiger charge is -2.45. The third-order valence-electron chi connectivity index (χ3n) is 8.88. The van der Waals surface area contributed by atoms with Crippen LogP contribution in [0.5, 0.6) is 0 Å². The summed E-state index contributed by atoms with van der Waals surface area (Å²) in [5.74, 6) is 2.23. The Morgan fingerprint density at radius 2 is 0.789 bits per heavy atom. The summed E-state index contributed by atoms with van der Waals surface area (Å²) >= 11 is 0. The molecule has 0 aromatic heterocycles. The maximum atomic E-state index is 13.4. The van der Waals surface area contributed by atoms with Gasteiger partial charge in [0.15, 0.2) is 0 Å². The fourth-order valence-corrected chi connectivity index (χ4v) is 7.95. The first kappa shape index (κ1) is 33.1. The van der Waals surface area contributed by atoms with E-state index in [0.29, 0.717) is 35.5 Å². The molecular formula is C34H62O4.